The lowest BCUT2D eigenvalue weighted by Gasteiger charge is -2.34. The smallest absolute Gasteiger partial charge is 0.413 e. The van der Waals surface area contributed by atoms with Gasteiger partial charge in [0.25, 0.3) is 5.41 Å². The van der Waals surface area contributed by atoms with E-state index in [1.807, 2.05) is 6.92 Å². The minimum Gasteiger partial charge on any atom is -0.465 e. The van der Waals surface area contributed by atoms with Crippen molar-refractivity contribution in [2.24, 2.45) is 5.41 Å². The number of halogens is 6. The molecule has 0 aromatic heterocycles. The topological polar surface area (TPSA) is 26.3 Å². The van der Waals surface area contributed by atoms with Crippen LogP contribution in [-0.4, -0.2) is 24.9 Å². The summed E-state index contributed by atoms with van der Waals surface area (Å²) in [7, 11) is 0. The molecule has 2 nitrogen and oxygen atoms in total. The molecule has 8 heteroatoms. The van der Waals surface area contributed by atoms with Gasteiger partial charge in [-0.1, -0.05) is 33.1 Å². The predicted molar refractivity (Wildman–Crippen MR) is 59.9 cm³/mol. The molecule has 0 saturated heterocycles. The molecule has 0 aliphatic carbocycles. The average molecular weight is 308 g/mol. The Morgan fingerprint density at radius 3 is 1.75 bits per heavy atom. The molecule has 0 radical (unpaired) electrons. The van der Waals surface area contributed by atoms with Gasteiger partial charge < -0.3 is 4.74 Å². The molecule has 0 rings (SSSR count). The fourth-order valence-electron chi connectivity index (χ4n) is 1.75. The normalized spacial score (nSPS) is 13.4. The second-order valence-electron chi connectivity index (χ2n) is 4.45. The van der Waals surface area contributed by atoms with Gasteiger partial charge in [-0.05, 0) is 12.8 Å². The number of unbranched alkanes of at least 4 members (excludes halogenated alkanes) is 3. The molecule has 0 fully saturated rings. The van der Waals surface area contributed by atoms with Crippen molar-refractivity contribution in [1.82, 2.24) is 0 Å². The summed E-state index contributed by atoms with van der Waals surface area (Å²) in [6, 6.07) is 0. The number of rotatable bonds is 7. The quantitative estimate of drug-likeness (QED) is 0.389. The molecule has 0 aromatic rings. The maximum Gasteiger partial charge on any atom is 0.413 e. The van der Waals surface area contributed by atoms with Crippen molar-refractivity contribution in [2.45, 2.75) is 58.3 Å². The Balaban J connectivity index is 4.93. The van der Waals surface area contributed by atoms with Gasteiger partial charge in [0.15, 0.2) is 0 Å². The average Bonchev–Trinajstić information content (AvgIpc) is 2.26. The Morgan fingerprint density at radius 2 is 1.40 bits per heavy atom. The molecule has 20 heavy (non-hydrogen) atoms. The van der Waals surface area contributed by atoms with E-state index in [0.29, 0.717) is 13.3 Å². The van der Waals surface area contributed by atoms with Crippen molar-refractivity contribution >= 4 is 5.97 Å². The summed E-state index contributed by atoms with van der Waals surface area (Å²) < 4.78 is 80.6. The van der Waals surface area contributed by atoms with Crippen LogP contribution in [0, 0.1) is 5.41 Å². The fourth-order valence-corrected chi connectivity index (χ4v) is 1.75. The lowest BCUT2D eigenvalue weighted by Crippen LogP contribution is -2.56. The Labute approximate surface area is 113 Å². The van der Waals surface area contributed by atoms with E-state index in [9.17, 15) is 31.1 Å². The molecule has 0 atom stereocenters. The Morgan fingerprint density at radius 1 is 0.900 bits per heavy atom. The van der Waals surface area contributed by atoms with E-state index in [4.69, 9.17) is 0 Å². The molecule has 0 aromatic carbocycles. The second kappa shape index (κ2) is 7.17. The highest BCUT2D eigenvalue weighted by Gasteiger charge is 2.75. The molecule has 0 aliphatic rings. The first kappa shape index (κ1) is 19.1. The molecule has 0 N–H and O–H groups in total. The highest BCUT2D eigenvalue weighted by molar-refractivity contribution is 5.79. The number of carbonyl (C=O) groups is 1. The third-order valence-electron chi connectivity index (χ3n) is 3.08. The van der Waals surface area contributed by atoms with Gasteiger partial charge in [-0.25, -0.2) is 0 Å². The summed E-state index contributed by atoms with van der Waals surface area (Å²) in [6.07, 6.45) is -10.5. The third-order valence-corrected chi connectivity index (χ3v) is 3.08. The molecule has 0 saturated carbocycles. The van der Waals surface area contributed by atoms with Gasteiger partial charge in [0.05, 0.1) is 6.61 Å². The van der Waals surface area contributed by atoms with E-state index in [2.05, 4.69) is 4.74 Å². The van der Waals surface area contributed by atoms with Crippen molar-refractivity contribution in [1.29, 1.82) is 0 Å². The van der Waals surface area contributed by atoms with Crippen molar-refractivity contribution in [3.63, 3.8) is 0 Å². The van der Waals surface area contributed by atoms with Crippen LogP contribution in [0.4, 0.5) is 26.3 Å². The molecule has 0 amide bonds. The van der Waals surface area contributed by atoms with Gasteiger partial charge in [0.1, 0.15) is 0 Å². The summed E-state index contributed by atoms with van der Waals surface area (Å²) in [5.41, 5.74) is -4.44. The first-order valence-corrected chi connectivity index (χ1v) is 6.35. The van der Waals surface area contributed by atoms with E-state index in [0.717, 1.165) is 12.8 Å². The monoisotopic (exact) mass is 308 g/mol. The van der Waals surface area contributed by atoms with Gasteiger partial charge in [-0.3, -0.25) is 4.79 Å². The van der Waals surface area contributed by atoms with Gasteiger partial charge in [0.2, 0.25) is 0 Å². The summed E-state index contributed by atoms with van der Waals surface area (Å²) in [6.45, 7) is 2.12. The standard InChI is InChI=1S/C12H18F6O2/c1-3-5-6-7-8-20-9(19)10(4-2,11(13,14)15)12(16,17)18/h3-8H2,1-2H3. The number of ether oxygens (including phenoxy) is 1. The summed E-state index contributed by atoms with van der Waals surface area (Å²) in [4.78, 5) is 11.4. The van der Waals surface area contributed by atoms with Crippen LogP contribution in [0.25, 0.3) is 0 Å². The summed E-state index contributed by atoms with van der Waals surface area (Å²) in [5.74, 6) is -2.27. The first-order chi connectivity index (χ1) is 9.04. The molecule has 0 unspecified atom stereocenters. The maximum atomic E-state index is 12.7. The van der Waals surface area contributed by atoms with Crippen LogP contribution in [-0.2, 0) is 9.53 Å². The van der Waals surface area contributed by atoms with Crippen LogP contribution in [0.5, 0.6) is 0 Å². The van der Waals surface area contributed by atoms with Crippen LogP contribution in [0.3, 0.4) is 0 Å². The minimum absolute atomic E-state index is 0.245. The molecule has 120 valence electrons. The molecule has 0 bridgehead atoms. The lowest BCUT2D eigenvalue weighted by atomic mass is 9.83. The zero-order valence-electron chi connectivity index (χ0n) is 11.3. The number of carbonyl (C=O) groups excluding carboxylic acids is 1. The van der Waals surface area contributed by atoms with Crippen molar-refractivity contribution < 1.29 is 35.9 Å². The predicted octanol–water partition coefficient (Wildman–Crippen LogP) is 4.63. The maximum absolute atomic E-state index is 12.7. The van der Waals surface area contributed by atoms with Crippen LogP contribution in [0.1, 0.15) is 46.0 Å². The van der Waals surface area contributed by atoms with Gasteiger partial charge >= 0.3 is 18.3 Å². The van der Waals surface area contributed by atoms with Gasteiger partial charge in [0, 0.05) is 0 Å². The summed E-state index contributed by atoms with van der Waals surface area (Å²) >= 11 is 0. The molecule has 0 spiro atoms. The highest BCUT2D eigenvalue weighted by Crippen LogP contribution is 2.53. The zero-order valence-corrected chi connectivity index (χ0v) is 11.3. The molecule has 0 aliphatic heterocycles. The number of hydrogen-bond donors (Lipinski definition) is 0. The van der Waals surface area contributed by atoms with Crippen LogP contribution < -0.4 is 0 Å². The van der Waals surface area contributed by atoms with Gasteiger partial charge in [-0.15, -0.1) is 0 Å². The van der Waals surface area contributed by atoms with E-state index in [1.165, 1.54) is 0 Å². The van der Waals surface area contributed by atoms with E-state index >= 15 is 0 Å². The third kappa shape index (κ3) is 4.02. The Hall–Kier alpha value is -0.950. The fraction of sp³-hybridized carbons (Fsp3) is 0.917. The highest BCUT2D eigenvalue weighted by atomic mass is 19.4. The van der Waals surface area contributed by atoms with E-state index in [-0.39, 0.29) is 6.42 Å². The lowest BCUT2D eigenvalue weighted by molar-refractivity contribution is -0.333. The molecular formula is C12H18F6O2. The molecule has 0 heterocycles. The van der Waals surface area contributed by atoms with Crippen LogP contribution in [0.2, 0.25) is 0 Å². The zero-order chi connectivity index (χ0) is 16.0. The van der Waals surface area contributed by atoms with Crippen LogP contribution in [0.15, 0.2) is 0 Å². The van der Waals surface area contributed by atoms with Crippen molar-refractivity contribution in [2.75, 3.05) is 6.61 Å². The van der Waals surface area contributed by atoms with Gasteiger partial charge in [-0.2, -0.15) is 26.3 Å². The number of alkyl halides is 6. The largest absolute Gasteiger partial charge is 0.465 e. The van der Waals surface area contributed by atoms with Crippen molar-refractivity contribution in [3.05, 3.63) is 0 Å². The summed E-state index contributed by atoms with van der Waals surface area (Å²) in [5, 5.41) is 0. The Bertz CT molecular complexity index is 294. The molecular weight excluding hydrogens is 290 g/mol. The second-order valence-corrected chi connectivity index (χ2v) is 4.45. The first-order valence-electron chi connectivity index (χ1n) is 6.35. The minimum atomic E-state index is -5.74. The number of esters is 1. The Kier molecular flexibility index (Phi) is 6.83. The SMILES string of the molecule is CCCCCCOC(=O)C(CC)(C(F)(F)F)C(F)(F)F. The van der Waals surface area contributed by atoms with Crippen molar-refractivity contribution in [3.8, 4) is 0 Å². The van der Waals surface area contributed by atoms with Crippen LogP contribution >= 0.6 is 0 Å². The number of hydrogen-bond acceptors (Lipinski definition) is 2. The van der Waals surface area contributed by atoms with E-state index in [1.54, 1.807) is 0 Å². The van der Waals surface area contributed by atoms with E-state index < -0.39 is 36.8 Å².